The number of rotatable bonds is 1. The van der Waals surface area contributed by atoms with Crippen molar-refractivity contribution < 1.29 is 4.74 Å². The first-order chi connectivity index (χ1) is 19.9. The summed E-state index contributed by atoms with van der Waals surface area (Å²) in [4.78, 5) is 6.02. The largest absolute Gasteiger partial charge is 0.456 e. The fourth-order valence-corrected chi connectivity index (χ4v) is 7.11. The van der Waals surface area contributed by atoms with E-state index in [9.17, 15) is 0 Å². The molecule has 0 bridgehead atoms. The molecule has 9 rings (SSSR count). The molecule has 188 valence electrons. The van der Waals surface area contributed by atoms with Crippen molar-refractivity contribution in [2.24, 2.45) is 0 Å². The quantitative estimate of drug-likeness (QED) is 0.237. The second kappa shape index (κ2) is 7.87. The minimum atomic E-state index is -0.560. The fraction of sp³-hybridized carbons (Fsp3) is 0.0270. The molecule has 2 aliphatic heterocycles. The van der Waals surface area contributed by atoms with Crippen LogP contribution in [0.15, 0.2) is 140 Å². The molecule has 7 aromatic rings. The van der Waals surface area contributed by atoms with E-state index in [0.29, 0.717) is 0 Å². The Kier molecular flexibility index (Phi) is 4.26. The smallest absolute Gasteiger partial charge is 0.142 e. The Morgan fingerprint density at radius 3 is 1.90 bits per heavy atom. The molecule has 40 heavy (non-hydrogen) atoms. The van der Waals surface area contributed by atoms with Crippen LogP contribution in [-0.2, 0) is 5.41 Å². The van der Waals surface area contributed by atoms with Crippen molar-refractivity contribution in [2.75, 3.05) is 4.90 Å². The third-order valence-electron chi connectivity index (χ3n) is 8.64. The van der Waals surface area contributed by atoms with Crippen molar-refractivity contribution in [3.05, 3.63) is 162 Å². The van der Waals surface area contributed by atoms with Crippen LogP contribution < -0.4 is 9.64 Å². The third kappa shape index (κ3) is 2.64. The topological polar surface area (TPSA) is 28.3 Å². The molecule has 2 aliphatic rings. The first kappa shape index (κ1) is 21.6. The van der Waals surface area contributed by atoms with E-state index in [-0.39, 0.29) is 0 Å². The van der Waals surface area contributed by atoms with Gasteiger partial charge in [-0.1, -0.05) is 97.1 Å². The zero-order valence-electron chi connectivity index (χ0n) is 21.6. The van der Waals surface area contributed by atoms with Crippen LogP contribution in [0.1, 0.15) is 22.3 Å². The van der Waals surface area contributed by atoms with Gasteiger partial charge in [-0.05, 0) is 53.6 Å². The van der Waals surface area contributed by atoms with Crippen LogP contribution in [0.5, 0.6) is 11.5 Å². The van der Waals surface area contributed by atoms with Gasteiger partial charge in [0.25, 0.3) is 0 Å². The van der Waals surface area contributed by atoms with Crippen LogP contribution in [0.25, 0.3) is 21.8 Å². The number of benzene rings is 6. The molecule has 0 aliphatic carbocycles. The monoisotopic (exact) mass is 512 g/mol. The van der Waals surface area contributed by atoms with Gasteiger partial charge in [0, 0.05) is 27.7 Å². The summed E-state index contributed by atoms with van der Waals surface area (Å²) in [6.45, 7) is 0. The number of ether oxygens (including phenoxy) is 1. The molecule has 1 spiro atoms. The second-order valence-electron chi connectivity index (χ2n) is 10.6. The van der Waals surface area contributed by atoms with Crippen molar-refractivity contribution in [3.8, 4) is 11.5 Å². The Morgan fingerprint density at radius 1 is 0.500 bits per heavy atom. The highest BCUT2D eigenvalue weighted by Crippen LogP contribution is 2.63. The molecule has 0 unspecified atom stereocenters. The molecule has 6 aromatic carbocycles. The first-order valence-corrected chi connectivity index (χ1v) is 13.7. The van der Waals surface area contributed by atoms with Crippen LogP contribution in [0.3, 0.4) is 0 Å². The van der Waals surface area contributed by atoms with Gasteiger partial charge in [-0.3, -0.25) is 0 Å². The lowest BCUT2D eigenvalue weighted by atomic mass is 9.61. The van der Waals surface area contributed by atoms with E-state index in [1.165, 1.54) is 27.9 Å². The number of aromatic nitrogens is 1. The molecule has 1 aromatic heterocycles. The van der Waals surface area contributed by atoms with Crippen molar-refractivity contribution >= 4 is 38.9 Å². The zero-order chi connectivity index (χ0) is 26.3. The Bertz CT molecular complexity index is 2060. The highest BCUT2D eigenvalue weighted by Gasteiger charge is 2.51. The lowest BCUT2D eigenvalue weighted by molar-refractivity contribution is 0.439. The van der Waals surface area contributed by atoms with Crippen LogP contribution in [0, 0.1) is 0 Å². The summed E-state index contributed by atoms with van der Waals surface area (Å²) in [5.41, 5.74) is 9.94. The normalized spacial score (nSPS) is 14.3. The number of anilines is 3. The average Bonchev–Trinajstić information content (AvgIpc) is 3.41. The number of fused-ring (bicyclic) bond motifs is 12. The lowest BCUT2D eigenvalue weighted by Crippen LogP contribution is -2.39. The third-order valence-corrected chi connectivity index (χ3v) is 8.64. The molecule has 1 N–H and O–H groups in total. The van der Waals surface area contributed by atoms with Crippen molar-refractivity contribution in [2.45, 2.75) is 5.41 Å². The van der Waals surface area contributed by atoms with Crippen molar-refractivity contribution in [1.82, 2.24) is 4.98 Å². The molecule has 0 saturated carbocycles. The van der Waals surface area contributed by atoms with Gasteiger partial charge in [-0.25, -0.2) is 0 Å². The summed E-state index contributed by atoms with van der Waals surface area (Å²) in [7, 11) is 0. The Balaban J connectivity index is 1.48. The summed E-state index contributed by atoms with van der Waals surface area (Å²) in [5.74, 6) is 1.82. The molecular formula is C37H24N2O. The summed E-state index contributed by atoms with van der Waals surface area (Å²) in [5, 5.41) is 2.30. The number of para-hydroxylation sites is 5. The number of hydrogen-bond acceptors (Lipinski definition) is 2. The van der Waals surface area contributed by atoms with Gasteiger partial charge in [-0.2, -0.15) is 0 Å². The van der Waals surface area contributed by atoms with Gasteiger partial charge in [0.15, 0.2) is 0 Å². The number of H-pyrrole nitrogens is 1. The number of nitrogens with zero attached hydrogens (tertiary/aromatic N) is 1. The van der Waals surface area contributed by atoms with Crippen LogP contribution in [-0.4, -0.2) is 4.98 Å². The highest BCUT2D eigenvalue weighted by molar-refractivity contribution is 6.12. The van der Waals surface area contributed by atoms with Gasteiger partial charge in [0.05, 0.1) is 27.7 Å². The Labute approximate surface area is 231 Å². The summed E-state index contributed by atoms with van der Waals surface area (Å²) in [6.07, 6.45) is 0. The first-order valence-electron chi connectivity index (χ1n) is 13.7. The van der Waals surface area contributed by atoms with Crippen molar-refractivity contribution in [3.63, 3.8) is 0 Å². The predicted molar refractivity (Wildman–Crippen MR) is 162 cm³/mol. The number of aromatic amines is 1. The van der Waals surface area contributed by atoms with Crippen LogP contribution in [0.2, 0.25) is 0 Å². The number of nitrogens with one attached hydrogen (secondary N) is 1. The maximum absolute atomic E-state index is 6.89. The lowest BCUT2D eigenvalue weighted by Gasteiger charge is -2.48. The van der Waals surface area contributed by atoms with E-state index >= 15 is 0 Å². The summed E-state index contributed by atoms with van der Waals surface area (Å²) >= 11 is 0. The minimum Gasteiger partial charge on any atom is -0.456 e. The molecule has 3 nitrogen and oxygen atoms in total. The van der Waals surface area contributed by atoms with E-state index < -0.39 is 5.41 Å². The van der Waals surface area contributed by atoms with Gasteiger partial charge in [0.2, 0.25) is 0 Å². The van der Waals surface area contributed by atoms with E-state index in [1.54, 1.807) is 0 Å². The van der Waals surface area contributed by atoms with E-state index in [1.807, 2.05) is 0 Å². The van der Waals surface area contributed by atoms with E-state index in [0.717, 1.165) is 44.7 Å². The van der Waals surface area contributed by atoms with E-state index in [4.69, 9.17) is 4.74 Å². The summed E-state index contributed by atoms with van der Waals surface area (Å²) < 4.78 is 6.89. The fourth-order valence-electron chi connectivity index (χ4n) is 7.11. The van der Waals surface area contributed by atoms with Gasteiger partial charge in [0.1, 0.15) is 11.5 Å². The molecular weight excluding hydrogens is 488 g/mol. The molecule has 0 atom stereocenters. The number of hydrogen-bond donors (Lipinski definition) is 1. The van der Waals surface area contributed by atoms with Gasteiger partial charge < -0.3 is 14.6 Å². The predicted octanol–water partition coefficient (Wildman–Crippen LogP) is 9.59. The van der Waals surface area contributed by atoms with Crippen molar-refractivity contribution in [1.29, 1.82) is 0 Å². The minimum absolute atomic E-state index is 0.560. The van der Waals surface area contributed by atoms with Gasteiger partial charge in [-0.15, -0.1) is 0 Å². The maximum Gasteiger partial charge on any atom is 0.142 e. The Morgan fingerprint density at radius 2 is 1.12 bits per heavy atom. The molecule has 3 heteroatoms. The zero-order valence-corrected chi connectivity index (χ0v) is 21.6. The SMILES string of the molecule is c1ccc(N2c3ccccc3C3(c4ccccc4Oc4c3ccc3[nH]c5ccccc5c43)c3ccccc32)cc1. The van der Waals surface area contributed by atoms with Crippen LogP contribution >= 0.6 is 0 Å². The molecule has 3 heterocycles. The molecule has 0 saturated heterocycles. The highest BCUT2D eigenvalue weighted by atomic mass is 16.5. The molecule has 0 amide bonds. The van der Waals surface area contributed by atoms with Crippen LogP contribution in [0.4, 0.5) is 17.1 Å². The van der Waals surface area contributed by atoms with E-state index in [2.05, 4.69) is 149 Å². The standard InChI is InChI=1S/C37H24N2O/c1-2-12-24(13-3-1)39-32-19-9-5-15-26(32)37(27-16-6-10-20-33(27)39)28-17-7-11-21-34(28)40-36-29(37)22-23-31-35(36)25-14-4-8-18-30(25)38-31/h1-23,38H. The molecule has 0 radical (unpaired) electrons. The Hall–Kier alpha value is -5.28. The van der Waals surface area contributed by atoms with Gasteiger partial charge >= 0.3 is 0 Å². The molecule has 0 fully saturated rings. The average molecular weight is 513 g/mol. The second-order valence-corrected chi connectivity index (χ2v) is 10.6. The maximum atomic E-state index is 6.89. The summed E-state index contributed by atoms with van der Waals surface area (Å²) in [6, 6.07) is 49.9.